The molecule has 1 atom stereocenters. The van der Waals surface area contributed by atoms with Gasteiger partial charge in [0, 0.05) is 6.42 Å². The Hall–Kier alpha value is -1.59. The number of unbranched alkanes of at least 4 members (excludes halogenated alkanes) is 3. The van der Waals surface area contributed by atoms with Crippen molar-refractivity contribution >= 4 is 17.8 Å². The van der Waals surface area contributed by atoms with Crippen LogP contribution in [0.2, 0.25) is 0 Å². The summed E-state index contributed by atoms with van der Waals surface area (Å²) in [6.45, 7) is 5.88. The van der Waals surface area contributed by atoms with Gasteiger partial charge < -0.3 is 15.4 Å². The van der Waals surface area contributed by atoms with Crippen LogP contribution in [0.15, 0.2) is 0 Å². The average Bonchev–Trinajstić information content (AvgIpc) is 2.45. The van der Waals surface area contributed by atoms with E-state index in [9.17, 15) is 14.4 Å². The van der Waals surface area contributed by atoms with E-state index >= 15 is 0 Å². The maximum absolute atomic E-state index is 11.6. The quantitative estimate of drug-likeness (QED) is 0.448. The molecule has 0 spiro atoms. The van der Waals surface area contributed by atoms with Crippen molar-refractivity contribution in [2.45, 2.75) is 65.3 Å². The lowest BCUT2D eigenvalue weighted by molar-refractivity contribution is -0.147. The molecule has 0 heterocycles. The topological polar surface area (TPSA) is 84.5 Å². The minimum atomic E-state index is -0.702. The van der Waals surface area contributed by atoms with Gasteiger partial charge in [-0.25, -0.2) is 4.79 Å². The fourth-order valence-corrected chi connectivity index (χ4v) is 1.60. The summed E-state index contributed by atoms with van der Waals surface area (Å²) in [4.78, 5) is 34.6. The van der Waals surface area contributed by atoms with E-state index in [-0.39, 0.29) is 12.5 Å². The molecule has 0 aromatic heterocycles. The molecule has 6 nitrogen and oxygen atoms in total. The van der Waals surface area contributed by atoms with E-state index in [0.29, 0.717) is 13.0 Å². The number of amides is 2. The van der Waals surface area contributed by atoms with Gasteiger partial charge in [0.25, 0.3) is 0 Å². The third kappa shape index (κ3) is 10.8. The van der Waals surface area contributed by atoms with Crippen LogP contribution in [0, 0.1) is 0 Å². The van der Waals surface area contributed by atoms with Gasteiger partial charge in [0.05, 0.1) is 13.2 Å². The first kappa shape index (κ1) is 19.4. The second-order valence-electron chi connectivity index (χ2n) is 5.04. The Kier molecular flexibility index (Phi) is 11.3. The van der Waals surface area contributed by atoms with Crippen molar-refractivity contribution in [3.8, 4) is 0 Å². The molecule has 0 radical (unpaired) electrons. The number of hydrogen-bond acceptors (Lipinski definition) is 4. The second kappa shape index (κ2) is 12.2. The maximum atomic E-state index is 11.6. The molecular formula is C15H28N2O4. The Balaban J connectivity index is 3.81. The molecule has 2 N–H and O–H groups in total. The van der Waals surface area contributed by atoms with E-state index in [4.69, 9.17) is 4.74 Å². The summed E-state index contributed by atoms with van der Waals surface area (Å²) in [5.41, 5.74) is 0. The van der Waals surface area contributed by atoms with E-state index in [1.165, 1.54) is 0 Å². The predicted octanol–water partition coefficient (Wildman–Crippen LogP) is 1.53. The Bertz CT molecular complexity index is 332. The third-order valence-electron chi connectivity index (χ3n) is 2.93. The minimum Gasteiger partial charge on any atom is -0.464 e. The summed E-state index contributed by atoms with van der Waals surface area (Å²) in [7, 11) is 0. The number of hydrogen-bond donors (Lipinski definition) is 2. The lowest BCUT2D eigenvalue weighted by atomic mass is 10.2. The molecule has 2 amide bonds. The monoisotopic (exact) mass is 300 g/mol. The van der Waals surface area contributed by atoms with Crippen molar-refractivity contribution in [2.75, 3.05) is 13.2 Å². The van der Waals surface area contributed by atoms with Crippen LogP contribution < -0.4 is 10.6 Å². The largest absolute Gasteiger partial charge is 0.464 e. The molecule has 21 heavy (non-hydrogen) atoms. The number of ether oxygens (including phenoxy) is 1. The van der Waals surface area contributed by atoms with Crippen molar-refractivity contribution in [3.05, 3.63) is 0 Å². The molecule has 0 aromatic rings. The van der Waals surface area contributed by atoms with Crippen molar-refractivity contribution in [2.24, 2.45) is 0 Å². The summed E-state index contributed by atoms with van der Waals surface area (Å²) in [5.74, 6) is -0.985. The summed E-state index contributed by atoms with van der Waals surface area (Å²) >= 11 is 0. The van der Waals surface area contributed by atoms with Gasteiger partial charge in [-0.1, -0.05) is 33.1 Å². The number of rotatable bonds is 11. The highest BCUT2D eigenvalue weighted by molar-refractivity contribution is 5.88. The highest BCUT2D eigenvalue weighted by Gasteiger charge is 2.16. The molecule has 1 unspecified atom stereocenters. The molecule has 0 fully saturated rings. The van der Waals surface area contributed by atoms with E-state index in [0.717, 1.165) is 32.1 Å². The first-order valence-electron chi connectivity index (χ1n) is 7.73. The van der Waals surface area contributed by atoms with E-state index < -0.39 is 17.9 Å². The van der Waals surface area contributed by atoms with Crippen molar-refractivity contribution in [1.82, 2.24) is 10.6 Å². The van der Waals surface area contributed by atoms with Crippen LogP contribution in [-0.2, 0) is 19.1 Å². The zero-order valence-electron chi connectivity index (χ0n) is 13.4. The van der Waals surface area contributed by atoms with Crippen LogP contribution in [0.4, 0.5) is 0 Å². The van der Waals surface area contributed by atoms with Gasteiger partial charge in [-0.05, 0) is 19.8 Å². The Morgan fingerprint density at radius 1 is 1.00 bits per heavy atom. The number of carbonyl (C=O) groups excluding carboxylic acids is 3. The highest BCUT2D eigenvalue weighted by atomic mass is 16.5. The van der Waals surface area contributed by atoms with Gasteiger partial charge >= 0.3 is 5.97 Å². The van der Waals surface area contributed by atoms with E-state index in [1.807, 2.05) is 6.92 Å². The van der Waals surface area contributed by atoms with E-state index in [2.05, 4.69) is 17.6 Å². The van der Waals surface area contributed by atoms with Crippen LogP contribution in [0.25, 0.3) is 0 Å². The smallest absolute Gasteiger partial charge is 0.328 e. The molecule has 0 saturated carbocycles. The molecule has 122 valence electrons. The van der Waals surface area contributed by atoms with Gasteiger partial charge in [0.2, 0.25) is 11.8 Å². The molecule has 6 heteroatoms. The Morgan fingerprint density at radius 3 is 2.29 bits per heavy atom. The lowest BCUT2D eigenvalue weighted by Gasteiger charge is -2.13. The second-order valence-corrected chi connectivity index (χ2v) is 5.04. The highest BCUT2D eigenvalue weighted by Crippen LogP contribution is 1.98. The lowest BCUT2D eigenvalue weighted by Crippen LogP contribution is -2.44. The summed E-state index contributed by atoms with van der Waals surface area (Å²) in [5, 5.41) is 5.04. The van der Waals surface area contributed by atoms with Gasteiger partial charge in [0.1, 0.15) is 6.04 Å². The minimum absolute atomic E-state index is 0.114. The zero-order chi connectivity index (χ0) is 16.1. The SMILES string of the molecule is CCCCCC(=O)NCC(=O)NC(C)C(=O)OCCCC. The van der Waals surface area contributed by atoms with Gasteiger partial charge in [-0.2, -0.15) is 0 Å². The zero-order valence-corrected chi connectivity index (χ0v) is 13.4. The van der Waals surface area contributed by atoms with E-state index in [1.54, 1.807) is 6.92 Å². The maximum Gasteiger partial charge on any atom is 0.328 e. The van der Waals surface area contributed by atoms with Crippen molar-refractivity contribution in [1.29, 1.82) is 0 Å². The first-order valence-corrected chi connectivity index (χ1v) is 7.73. The number of nitrogens with one attached hydrogen (secondary N) is 2. The standard InChI is InChI=1S/C15H28N2O4/c1-4-6-8-9-13(18)16-11-14(19)17-12(3)15(20)21-10-7-5-2/h12H,4-11H2,1-3H3,(H,16,18)(H,17,19). The van der Waals surface area contributed by atoms with Gasteiger partial charge in [0.15, 0.2) is 0 Å². The molecule has 0 aliphatic carbocycles. The molecule has 0 aromatic carbocycles. The summed E-state index contributed by atoms with van der Waals surface area (Å²) in [6, 6.07) is -0.702. The Morgan fingerprint density at radius 2 is 1.67 bits per heavy atom. The molecule has 0 aliphatic rings. The fraction of sp³-hybridized carbons (Fsp3) is 0.800. The van der Waals surface area contributed by atoms with Crippen LogP contribution in [0.3, 0.4) is 0 Å². The van der Waals surface area contributed by atoms with Crippen LogP contribution >= 0.6 is 0 Å². The average molecular weight is 300 g/mol. The predicted molar refractivity (Wildman–Crippen MR) is 80.6 cm³/mol. The normalized spacial score (nSPS) is 11.6. The molecular weight excluding hydrogens is 272 g/mol. The van der Waals surface area contributed by atoms with Crippen LogP contribution in [0.5, 0.6) is 0 Å². The van der Waals surface area contributed by atoms with Gasteiger partial charge in [-0.15, -0.1) is 0 Å². The first-order chi connectivity index (χ1) is 10.0. The van der Waals surface area contributed by atoms with Gasteiger partial charge in [-0.3, -0.25) is 9.59 Å². The van der Waals surface area contributed by atoms with Crippen LogP contribution in [0.1, 0.15) is 59.3 Å². The molecule has 0 bridgehead atoms. The third-order valence-corrected chi connectivity index (χ3v) is 2.93. The fourth-order valence-electron chi connectivity index (χ4n) is 1.60. The van der Waals surface area contributed by atoms with Crippen molar-refractivity contribution in [3.63, 3.8) is 0 Å². The molecule has 0 saturated heterocycles. The molecule has 0 aliphatic heterocycles. The number of carbonyl (C=O) groups is 3. The van der Waals surface area contributed by atoms with Crippen molar-refractivity contribution < 1.29 is 19.1 Å². The number of esters is 1. The Labute approximate surface area is 127 Å². The molecule has 0 rings (SSSR count). The van der Waals surface area contributed by atoms with Crippen LogP contribution in [-0.4, -0.2) is 37.0 Å². The summed E-state index contributed by atoms with van der Waals surface area (Å²) in [6.07, 6.45) is 5.05. The summed E-state index contributed by atoms with van der Waals surface area (Å²) < 4.78 is 5.00.